The third-order valence-electron chi connectivity index (χ3n) is 4.61. The molecule has 4 heteroatoms. The van der Waals surface area contributed by atoms with E-state index in [4.69, 9.17) is 0 Å². The van der Waals surface area contributed by atoms with Crippen LogP contribution in [-0.2, 0) is 6.54 Å². The van der Waals surface area contributed by atoms with E-state index in [1.807, 2.05) is 12.1 Å². The molecule has 110 valence electrons. The van der Waals surface area contributed by atoms with Crippen LogP contribution >= 0.6 is 0 Å². The third kappa shape index (κ3) is 2.78. The minimum absolute atomic E-state index is 0.165. The standard InChI is InChI=1S/C17H20FN3/c18-15-10-13-2-1-5-19-17(13)14(11-15)12-20-6-8-21(9-7-20)16-3-4-16/h1-2,5,10-11,16H,3-4,6-9,12H2. The highest BCUT2D eigenvalue weighted by molar-refractivity contribution is 5.81. The first-order chi connectivity index (χ1) is 10.3. The lowest BCUT2D eigenvalue weighted by Gasteiger charge is -2.34. The second kappa shape index (κ2) is 5.35. The molecule has 0 bridgehead atoms. The molecule has 1 aromatic carbocycles. The van der Waals surface area contributed by atoms with Crippen LogP contribution in [0.4, 0.5) is 4.39 Å². The summed E-state index contributed by atoms with van der Waals surface area (Å²) in [5.41, 5.74) is 1.94. The normalized spacial score (nSPS) is 21.0. The minimum Gasteiger partial charge on any atom is -0.298 e. The first kappa shape index (κ1) is 13.2. The number of fused-ring (bicyclic) bond motifs is 1. The predicted octanol–water partition coefficient (Wildman–Crippen LogP) is 2.65. The monoisotopic (exact) mass is 285 g/mol. The summed E-state index contributed by atoms with van der Waals surface area (Å²) in [7, 11) is 0. The second-order valence-electron chi connectivity index (χ2n) is 6.18. The molecule has 3 nitrogen and oxygen atoms in total. The Labute approximate surface area is 124 Å². The van der Waals surface area contributed by atoms with Gasteiger partial charge >= 0.3 is 0 Å². The van der Waals surface area contributed by atoms with E-state index in [9.17, 15) is 4.39 Å². The van der Waals surface area contributed by atoms with Crippen molar-refractivity contribution >= 4 is 10.9 Å². The molecule has 2 aliphatic rings. The summed E-state index contributed by atoms with van der Waals surface area (Å²) < 4.78 is 13.8. The minimum atomic E-state index is -0.165. The van der Waals surface area contributed by atoms with Gasteiger partial charge in [0.25, 0.3) is 0 Å². The third-order valence-corrected chi connectivity index (χ3v) is 4.61. The van der Waals surface area contributed by atoms with Crippen molar-refractivity contribution in [2.24, 2.45) is 0 Å². The first-order valence-electron chi connectivity index (χ1n) is 7.79. The van der Waals surface area contributed by atoms with E-state index in [0.717, 1.165) is 55.2 Å². The van der Waals surface area contributed by atoms with Crippen molar-refractivity contribution in [3.63, 3.8) is 0 Å². The second-order valence-corrected chi connectivity index (χ2v) is 6.18. The fourth-order valence-electron chi connectivity index (χ4n) is 3.32. The van der Waals surface area contributed by atoms with Crippen molar-refractivity contribution in [2.75, 3.05) is 26.2 Å². The number of nitrogens with zero attached hydrogens (tertiary/aromatic N) is 3. The highest BCUT2D eigenvalue weighted by atomic mass is 19.1. The van der Waals surface area contributed by atoms with Crippen molar-refractivity contribution < 1.29 is 4.39 Å². The van der Waals surface area contributed by atoms with Crippen LogP contribution in [0.25, 0.3) is 10.9 Å². The Morgan fingerprint density at radius 1 is 1.14 bits per heavy atom. The molecule has 4 rings (SSSR count). The Morgan fingerprint density at radius 3 is 2.71 bits per heavy atom. The predicted molar refractivity (Wildman–Crippen MR) is 81.6 cm³/mol. The molecule has 0 N–H and O–H groups in total. The summed E-state index contributed by atoms with van der Waals surface area (Å²) in [5.74, 6) is -0.165. The van der Waals surface area contributed by atoms with Crippen molar-refractivity contribution in [2.45, 2.75) is 25.4 Å². The maximum Gasteiger partial charge on any atom is 0.124 e. The van der Waals surface area contributed by atoms with E-state index in [1.165, 1.54) is 12.8 Å². The van der Waals surface area contributed by atoms with Crippen molar-refractivity contribution in [3.05, 3.63) is 41.8 Å². The molecule has 2 fully saturated rings. The molecule has 1 aromatic heterocycles. The lowest BCUT2D eigenvalue weighted by Crippen LogP contribution is -2.46. The van der Waals surface area contributed by atoms with Crippen LogP contribution in [0.5, 0.6) is 0 Å². The molecule has 1 aliphatic heterocycles. The first-order valence-corrected chi connectivity index (χ1v) is 7.79. The molecular formula is C17H20FN3. The van der Waals surface area contributed by atoms with Gasteiger partial charge in [-0.25, -0.2) is 4.39 Å². The Bertz CT molecular complexity index is 646. The van der Waals surface area contributed by atoms with Gasteiger partial charge in [0, 0.05) is 50.3 Å². The smallest absolute Gasteiger partial charge is 0.124 e. The molecule has 21 heavy (non-hydrogen) atoms. The largest absolute Gasteiger partial charge is 0.298 e. The van der Waals surface area contributed by atoms with Crippen LogP contribution in [0.1, 0.15) is 18.4 Å². The van der Waals surface area contributed by atoms with Gasteiger partial charge in [-0.2, -0.15) is 0 Å². The molecule has 1 saturated carbocycles. The maximum absolute atomic E-state index is 13.8. The molecule has 1 aliphatic carbocycles. The molecule has 0 unspecified atom stereocenters. The van der Waals surface area contributed by atoms with E-state index >= 15 is 0 Å². The van der Waals surface area contributed by atoms with Crippen molar-refractivity contribution in [1.29, 1.82) is 0 Å². The molecule has 0 radical (unpaired) electrons. The van der Waals surface area contributed by atoms with Gasteiger partial charge in [0.2, 0.25) is 0 Å². The summed E-state index contributed by atoms with van der Waals surface area (Å²) in [6.45, 7) is 5.23. The van der Waals surface area contributed by atoms with E-state index in [1.54, 1.807) is 18.3 Å². The average molecular weight is 285 g/mol. The summed E-state index contributed by atoms with van der Waals surface area (Å²) in [4.78, 5) is 9.45. The van der Waals surface area contributed by atoms with Gasteiger partial charge in [-0.3, -0.25) is 14.8 Å². The number of rotatable bonds is 3. The molecule has 1 saturated heterocycles. The fourth-order valence-corrected chi connectivity index (χ4v) is 3.32. The number of hydrogen-bond donors (Lipinski definition) is 0. The highest BCUT2D eigenvalue weighted by Crippen LogP contribution is 2.28. The van der Waals surface area contributed by atoms with Crippen molar-refractivity contribution in [3.8, 4) is 0 Å². The highest BCUT2D eigenvalue weighted by Gasteiger charge is 2.31. The summed E-state index contributed by atoms with van der Waals surface area (Å²) >= 11 is 0. The molecule has 2 aromatic rings. The van der Waals surface area contributed by atoms with E-state index in [2.05, 4.69) is 14.8 Å². The number of piperazine rings is 1. The van der Waals surface area contributed by atoms with Gasteiger partial charge in [0.15, 0.2) is 0 Å². The zero-order valence-electron chi connectivity index (χ0n) is 12.1. The molecule has 2 heterocycles. The molecule has 0 spiro atoms. The number of halogens is 1. The van der Waals surface area contributed by atoms with Gasteiger partial charge in [-0.15, -0.1) is 0 Å². The molecular weight excluding hydrogens is 265 g/mol. The maximum atomic E-state index is 13.8. The average Bonchev–Trinajstić information content (AvgIpc) is 3.32. The SMILES string of the molecule is Fc1cc(CN2CCN(C3CC3)CC2)c2ncccc2c1. The van der Waals surface area contributed by atoms with Crippen LogP contribution in [0.3, 0.4) is 0 Å². The van der Waals surface area contributed by atoms with Gasteiger partial charge in [-0.05, 0) is 36.6 Å². The lowest BCUT2D eigenvalue weighted by molar-refractivity contribution is 0.121. The summed E-state index contributed by atoms with van der Waals surface area (Å²) in [6, 6.07) is 7.85. The zero-order chi connectivity index (χ0) is 14.2. The van der Waals surface area contributed by atoms with Gasteiger partial charge in [0.1, 0.15) is 5.82 Å². The Morgan fingerprint density at radius 2 is 1.95 bits per heavy atom. The van der Waals surface area contributed by atoms with Crippen LogP contribution in [0.2, 0.25) is 0 Å². The van der Waals surface area contributed by atoms with E-state index in [-0.39, 0.29) is 5.82 Å². The molecule has 0 atom stereocenters. The Hall–Kier alpha value is -1.52. The van der Waals surface area contributed by atoms with Crippen LogP contribution < -0.4 is 0 Å². The van der Waals surface area contributed by atoms with E-state index in [0.29, 0.717) is 0 Å². The van der Waals surface area contributed by atoms with Gasteiger partial charge < -0.3 is 0 Å². The lowest BCUT2D eigenvalue weighted by atomic mass is 10.1. The number of aromatic nitrogens is 1. The number of hydrogen-bond acceptors (Lipinski definition) is 3. The van der Waals surface area contributed by atoms with Crippen LogP contribution in [-0.4, -0.2) is 47.0 Å². The Kier molecular flexibility index (Phi) is 3.36. The summed E-state index contributed by atoms with van der Waals surface area (Å²) in [5, 5.41) is 0.893. The zero-order valence-corrected chi connectivity index (χ0v) is 12.1. The topological polar surface area (TPSA) is 19.4 Å². The van der Waals surface area contributed by atoms with Crippen molar-refractivity contribution in [1.82, 2.24) is 14.8 Å². The quantitative estimate of drug-likeness (QED) is 0.864. The number of pyridine rings is 1. The van der Waals surface area contributed by atoms with Crippen LogP contribution in [0.15, 0.2) is 30.5 Å². The summed E-state index contributed by atoms with van der Waals surface area (Å²) in [6.07, 6.45) is 4.53. The number of benzene rings is 1. The van der Waals surface area contributed by atoms with Gasteiger partial charge in [0.05, 0.1) is 5.52 Å². The van der Waals surface area contributed by atoms with Crippen LogP contribution in [0, 0.1) is 5.82 Å². The molecule has 0 amide bonds. The Balaban J connectivity index is 1.51. The van der Waals surface area contributed by atoms with E-state index < -0.39 is 0 Å². The van der Waals surface area contributed by atoms with Gasteiger partial charge in [-0.1, -0.05) is 6.07 Å². The fraction of sp³-hybridized carbons (Fsp3) is 0.471.